The summed E-state index contributed by atoms with van der Waals surface area (Å²) in [5.41, 5.74) is 7.33. The largest absolute Gasteiger partial charge is 0.296 e. The highest BCUT2D eigenvalue weighted by molar-refractivity contribution is 7.79. The van der Waals surface area contributed by atoms with Crippen LogP contribution in [0, 0.1) is 34.5 Å². The molecule has 430 valence electrons. The Morgan fingerprint density at radius 3 is 1.15 bits per heavy atom. The number of nitrogens with one attached hydrogen (secondary N) is 2. The molecular weight excluding hydrogens is 1150 g/mol. The predicted octanol–water partition coefficient (Wildman–Crippen LogP) is 22.7. The van der Waals surface area contributed by atoms with Gasteiger partial charge in [0, 0.05) is 77.7 Å². The lowest BCUT2D eigenvalue weighted by atomic mass is 9.65. The molecule has 2 N–H and O–H groups in total. The van der Waals surface area contributed by atoms with Crippen molar-refractivity contribution in [2.75, 3.05) is 0 Å². The molecule has 2 aliphatic heterocycles. The van der Waals surface area contributed by atoms with Crippen LogP contribution in [0.5, 0.6) is 0 Å². The molecule has 81 heavy (non-hydrogen) atoms. The first-order chi connectivity index (χ1) is 39.5. The van der Waals surface area contributed by atoms with E-state index in [4.69, 9.17) is 9.98 Å². The van der Waals surface area contributed by atoms with Crippen molar-refractivity contribution in [2.24, 2.45) is 42.5 Å². The molecule has 0 radical (unpaired) electrons. The molecule has 3 aliphatic rings. The first kappa shape index (κ1) is 61.9. The SMILES string of the molecule is CCCCC(CC)Cc1ccc(-c2ccc(C3=NC=C(c4cc5c(s4)-c4sc(C6=CN=C(c7ccc(-c8ccc(CC(CC)CCCC)s8)s7)C(=N)/C6=N\S)cc4C5(CC(CC)CCCC)CC(CC)CCCC)/C(=N/S)C3=N)s2)s1. The van der Waals surface area contributed by atoms with Gasteiger partial charge in [0.15, 0.2) is 0 Å². The molecule has 0 bridgehead atoms. The van der Waals surface area contributed by atoms with Crippen LogP contribution in [0.1, 0.15) is 211 Å². The smallest absolute Gasteiger partial charge is 0.108 e. The summed E-state index contributed by atoms with van der Waals surface area (Å²) in [6.45, 7) is 18.6. The standard InChI is InChI=1S/C67H84N6S8/c1-9-17-21-41(13-5)33-45-25-27-51(76-45)53-29-31-55(78-53)63-59(68)61(72-74)47(39-70-63)57-35-49-65(80-57)66-50(67(49,37-43(15-7)23-19-11-3)38-44(16-8)24-20-12-4)36-58(81-66)48-40-71-64(60(69)62(48)73-75)56-32-30-54(79-56)52-28-26-46(77-52)34-42(14-6)22-18-10-2/h25-32,35-36,39-44,68-69,74-75H,9-24,33-34,37-38H2,1-8H3/b68-59?,69-60?,72-61-,73-62-. The number of fused-ring (bicyclic) bond motifs is 3. The molecule has 14 heteroatoms. The van der Waals surface area contributed by atoms with Crippen LogP contribution in [0.15, 0.2) is 91.8 Å². The minimum Gasteiger partial charge on any atom is -0.296 e. The molecule has 9 rings (SSSR count). The van der Waals surface area contributed by atoms with E-state index in [1.807, 2.05) is 57.7 Å². The first-order valence-electron chi connectivity index (χ1n) is 30.4. The van der Waals surface area contributed by atoms with Crippen molar-refractivity contribution in [3.63, 3.8) is 0 Å². The molecule has 0 saturated heterocycles. The molecule has 1 aliphatic carbocycles. The number of aliphatic imine (C=N–C) groups is 2. The summed E-state index contributed by atoms with van der Waals surface area (Å²) in [4.78, 5) is 24.8. The van der Waals surface area contributed by atoms with Crippen molar-refractivity contribution in [3.8, 4) is 29.3 Å². The van der Waals surface area contributed by atoms with E-state index in [1.54, 1.807) is 22.7 Å². The van der Waals surface area contributed by atoms with E-state index >= 15 is 0 Å². The van der Waals surface area contributed by atoms with Crippen molar-refractivity contribution in [1.82, 2.24) is 0 Å². The number of thiol groups is 2. The Hall–Kier alpha value is -3.60. The monoisotopic (exact) mass is 1230 g/mol. The Morgan fingerprint density at radius 2 is 0.790 bits per heavy atom. The normalized spacial score (nSPS) is 18.7. The average Bonchev–Trinajstić information content (AvgIpc) is 2.32. The van der Waals surface area contributed by atoms with Gasteiger partial charge in [0.05, 0.1) is 9.75 Å². The fourth-order valence-corrected chi connectivity index (χ4v) is 20.0. The average molecular weight is 1230 g/mol. The number of thiophene rings is 6. The minimum absolute atomic E-state index is 0.230. The Balaban J connectivity index is 1.08. The van der Waals surface area contributed by atoms with E-state index < -0.39 is 0 Å². The van der Waals surface area contributed by atoms with Crippen molar-refractivity contribution >= 4 is 139 Å². The van der Waals surface area contributed by atoms with E-state index in [0.717, 1.165) is 81.0 Å². The van der Waals surface area contributed by atoms with E-state index in [-0.39, 0.29) is 5.41 Å². The summed E-state index contributed by atoms with van der Waals surface area (Å²) < 4.78 is 9.18. The fraction of sp³-hybridized carbons (Fsp3) is 0.493. The van der Waals surface area contributed by atoms with Crippen molar-refractivity contribution in [1.29, 1.82) is 10.8 Å². The van der Waals surface area contributed by atoms with Gasteiger partial charge in [0.2, 0.25) is 0 Å². The van der Waals surface area contributed by atoms with Crippen molar-refractivity contribution in [2.45, 2.75) is 189 Å². The number of rotatable bonds is 30. The van der Waals surface area contributed by atoms with Gasteiger partial charge in [-0.25, -0.2) is 8.80 Å². The molecule has 6 aromatic rings. The Bertz CT molecular complexity index is 3120. The second-order valence-electron chi connectivity index (χ2n) is 22.8. The predicted molar refractivity (Wildman–Crippen MR) is 371 cm³/mol. The maximum absolute atomic E-state index is 9.71. The van der Waals surface area contributed by atoms with Crippen LogP contribution < -0.4 is 0 Å². The number of hydrogen-bond acceptors (Lipinski definition) is 14. The van der Waals surface area contributed by atoms with Gasteiger partial charge < -0.3 is 0 Å². The molecule has 6 nitrogen and oxygen atoms in total. The topological polar surface area (TPSA) is 97.1 Å². The summed E-state index contributed by atoms with van der Waals surface area (Å²) in [5, 5.41) is 19.4. The number of hydrogen-bond donors (Lipinski definition) is 4. The maximum atomic E-state index is 9.71. The molecule has 0 spiro atoms. The van der Waals surface area contributed by atoms with E-state index in [9.17, 15) is 10.8 Å². The van der Waals surface area contributed by atoms with Gasteiger partial charge in [-0.2, -0.15) is 0 Å². The summed E-state index contributed by atoms with van der Waals surface area (Å²) in [6, 6.07) is 22.8. The summed E-state index contributed by atoms with van der Waals surface area (Å²) in [5.74, 6) is 2.57. The third-order valence-corrected chi connectivity index (χ3v) is 25.1. The van der Waals surface area contributed by atoms with Gasteiger partial charge in [-0.05, 0) is 147 Å². The molecule has 0 aromatic carbocycles. The number of nitrogens with zero attached hydrogens (tertiary/aromatic N) is 4. The number of unbranched alkanes of at least 4 members (excludes halogenated alkanes) is 4. The quantitative estimate of drug-likeness (QED) is 0.0323. The Labute approximate surface area is 519 Å². The molecule has 4 atom stereocenters. The van der Waals surface area contributed by atoms with E-state index in [2.05, 4.69) is 150 Å². The van der Waals surface area contributed by atoms with Crippen LogP contribution in [0.2, 0.25) is 0 Å². The molecule has 0 fully saturated rings. The molecule has 0 saturated carbocycles. The van der Waals surface area contributed by atoms with Gasteiger partial charge in [-0.1, -0.05) is 158 Å². The number of allylic oxidation sites excluding steroid dienone is 2. The van der Waals surface area contributed by atoms with Crippen LogP contribution in [-0.2, 0) is 18.3 Å². The minimum atomic E-state index is -0.230. The first-order valence-corrected chi connectivity index (χ1v) is 36.1. The lowest BCUT2D eigenvalue weighted by Crippen LogP contribution is -2.31. The molecule has 0 amide bonds. The third kappa shape index (κ3) is 13.6. The van der Waals surface area contributed by atoms with Gasteiger partial charge in [0.1, 0.15) is 34.3 Å². The highest BCUT2D eigenvalue weighted by Crippen LogP contribution is 2.62. The van der Waals surface area contributed by atoms with Gasteiger partial charge in [0.25, 0.3) is 0 Å². The zero-order chi connectivity index (χ0) is 57.2. The fourth-order valence-electron chi connectivity index (χ4n) is 12.5. The van der Waals surface area contributed by atoms with Crippen LogP contribution in [0.4, 0.5) is 0 Å². The molecule has 6 aromatic heterocycles. The van der Waals surface area contributed by atoms with Crippen LogP contribution in [0.3, 0.4) is 0 Å². The van der Waals surface area contributed by atoms with Gasteiger partial charge >= 0.3 is 0 Å². The Kier molecular flexibility index (Phi) is 22.2. The van der Waals surface area contributed by atoms with Gasteiger partial charge in [-0.15, -0.1) is 68.0 Å². The molecule has 8 heterocycles. The highest BCUT2D eigenvalue weighted by atomic mass is 32.1. The molecular formula is C67H84N6S8. The van der Waals surface area contributed by atoms with Crippen LogP contribution in [-0.4, -0.2) is 34.3 Å². The zero-order valence-electron chi connectivity index (χ0n) is 49.0. The van der Waals surface area contributed by atoms with Crippen LogP contribution >= 0.6 is 93.7 Å². The highest BCUT2D eigenvalue weighted by Gasteiger charge is 2.49. The lowest BCUT2D eigenvalue weighted by Gasteiger charge is -2.38. The lowest BCUT2D eigenvalue weighted by molar-refractivity contribution is 0.266. The Morgan fingerprint density at radius 1 is 0.444 bits per heavy atom. The van der Waals surface area contributed by atoms with E-state index in [0.29, 0.717) is 46.1 Å². The second-order valence-corrected chi connectivity index (χ2v) is 29.8. The van der Waals surface area contributed by atoms with Crippen molar-refractivity contribution in [3.05, 3.63) is 113 Å². The third-order valence-electron chi connectivity index (χ3n) is 17.5. The maximum Gasteiger partial charge on any atom is 0.108 e. The van der Waals surface area contributed by atoms with Crippen molar-refractivity contribution < 1.29 is 0 Å². The summed E-state index contributed by atoms with van der Waals surface area (Å²) >= 11 is 20.1. The summed E-state index contributed by atoms with van der Waals surface area (Å²) in [6.07, 6.45) is 27.9. The molecule has 4 unspecified atom stereocenters. The summed E-state index contributed by atoms with van der Waals surface area (Å²) in [7, 11) is 0. The van der Waals surface area contributed by atoms with Gasteiger partial charge in [-0.3, -0.25) is 20.8 Å². The zero-order valence-corrected chi connectivity index (χ0v) is 55.7. The van der Waals surface area contributed by atoms with E-state index in [1.165, 1.54) is 140 Å². The van der Waals surface area contributed by atoms with Crippen LogP contribution in [0.25, 0.3) is 40.4 Å². The second kappa shape index (κ2) is 29.0.